The highest BCUT2D eigenvalue weighted by atomic mass is 32.2. The van der Waals surface area contributed by atoms with Gasteiger partial charge in [0.2, 0.25) is 11.8 Å². The van der Waals surface area contributed by atoms with E-state index in [1.165, 1.54) is 7.11 Å². The predicted octanol–water partition coefficient (Wildman–Crippen LogP) is -1.86. The molecule has 0 aliphatic carbocycles. The summed E-state index contributed by atoms with van der Waals surface area (Å²) in [4.78, 5) is 33.2. The molecule has 2 unspecified atom stereocenters. The fourth-order valence-electron chi connectivity index (χ4n) is 1.54. The van der Waals surface area contributed by atoms with Gasteiger partial charge in [0.1, 0.15) is 11.8 Å². The van der Waals surface area contributed by atoms with Gasteiger partial charge in [-0.2, -0.15) is 0 Å². The molecule has 0 radical (unpaired) electrons. The Morgan fingerprint density at radius 2 is 1.81 bits per heavy atom. The van der Waals surface area contributed by atoms with Gasteiger partial charge in [-0.15, -0.1) is 0 Å². The minimum absolute atomic E-state index is 0.218. The largest absolute Gasteiger partial charge is 0.480 e. The zero-order chi connectivity index (χ0) is 16.6. The summed E-state index contributed by atoms with van der Waals surface area (Å²) in [5.74, 6) is -4.62. The van der Waals surface area contributed by atoms with E-state index in [1.807, 2.05) is 5.32 Å². The molecule has 0 bridgehead atoms. The van der Waals surface area contributed by atoms with E-state index < -0.39 is 45.2 Å². The van der Waals surface area contributed by atoms with Gasteiger partial charge in [-0.1, -0.05) is 0 Å². The zero-order valence-electron chi connectivity index (χ0n) is 12.1. The molecular formula is C11H20N2O7S. The Morgan fingerprint density at radius 3 is 2.24 bits per heavy atom. The Bertz CT molecular complexity index is 489. The van der Waals surface area contributed by atoms with Gasteiger partial charge in [-0.3, -0.25) is 9.59 Å². The smallest absolute Gasteiger partial charge is 0.327 e. The number of rotatable bonds is 9. The molecule has 122 valence electrons. The van der Waals surface area contributed by atoms with Crippen molar-refractivity contribution in [3.8, 4) is 0 Å². The van der Waals surface area contributed by atoms with Crippen LogP contribution in [0.4, 0.5) is 0 Å². The Morgan fingerprint density at radius 1 is 1.24 bits per heavy atom. The molecule has 0 aromatic heterocycles. The Kier molecular flexibility index (Phi) is 7.89. The monoisotopic (exact) mass is 324 g/mol. The fourth-order valence-corrected chi connectivity index (χ4v) is 2.88. The molecule has 10 heteroatoms. The molecule has 3 N–H and O–H groups in total. The first-order valence-corrected chi connectivity index (χ1v) is 7.88. The third-order valence-electron chi connectivity index (χ3n) is 2.27. The van der Waals surface area contributed by atoms with Gasteiger partial charge >= 0.3 is 5.97 Å². The van der Waals surface area contributed by atoms with Crippen LogP contribution >= 0.6 is 0 Å². The van der Waals surface area contributed by atoms with Crippen molar-refractivity contribution in [3.05, 3.63) is 0 Å². The minimum atomic E-state index is -3.98. The lowest BCUT2D eigenvalue weighted by molar-refractivity contribution is -0.140. The van der Waals surface area contributed by atoms with E-state index in [4.69, 9.17) is 9.84 Å². The molecule has 0 rings (SSSR count). The average Bonchev–Trinajstić information content (AvgIpc) is 2.25. The van der Waals surface area contributed by atoms with E-state index >= 15 is 0 Å². The number of ether oxygens (including phenoxy) is 1. The Labute approximate surface area is 123 Å². The molecule has 0 saturated carbocycles. The maximum Gasteiger partial charge on any atom is 0.327 e. The summed E-state index contributed by atoms with van der Waals surface area (Å²) in [6.07, 6.45) is 0. The lowest BCUT2D eigenvalue weighted by Gasteiger charge is -2.15. The van der Waals surface area contributed by atoms with Crippen LogP contribution in [0, 0.1) is 0 Å². The maximum atomic E-state index is 11.8. The van der Waals surface area contributed by atoms with Crippen molar-refractivity contribution < 1.29 is 32.6 Å². The molecular weight excluding hydrogens is 304 g/mol. The number of hydrogen-bond donors (Lipinski definition) is 3. The first kappa shape index (κ1) is 19.3. The number of carbonyl (C=O) groups excluding carboxylic acids is 2. The molecule has 0 spiro atoms. The maximum absolute atomic E-state index is 11.8. The first-order chi connectivity index (χ1) is 9.57. The highest BCUT2D eigenvalue weighted by molar-refractivity contribution is 7.92. The van der Waals surface area contributed by atoms with Crippen LogP contribution in [0.5, 0.6) is 0 Å². The minimum Gasteiger partial charge on any atom is -0.480 e. The van der Waals surface area contributed by atoms with Gasteiger partial charge in [0, 0.05) is 20.1 Å². The molecule has 0 saturated heterocycles. The number of amides is 2. The van der Waals surface area contributed by atoms with Crippen LogP contribution in [0.15, 0.2) is 0 Å². The van der Waals surface area contributed by atoms with E-state index in [2.05, 4.69) is 5.32 Å². The predicted molar refractivity (Wildman–Crippen MR) is 73.4 cm³/mol. The summed E-state index contributed by atoms with van der Waals surface area (Å²) >= 11 is 0. The van der Waals surface area contributed by atoms with Crippen molar-refractivity contribution in [3.63, 3.8) is 0 Å². The zero-order valence-corrected chi connectivity index (χ0v) is 12.9. The molecule has 0 aromatic rings. The SMILES string of the molecule is COCC(C)NC(=O)CS(=O)(=O)CC(NC(C)=O)C(=O)O. The fraction of sp³-hybridized carbons (Fsp3) is 0.727. The molecule has 21 heavy (non-hydrogen) atoms. The number of nitrogens with one attached hydrogen (secondary N) is 2. The highest BCUT2D eigenvalue weighted by Crippen LogP contribution is 1.97. The Balaban J connectivity index is 4.63. The van der Waals surface area contributed by atoms with Gasteiger partial charge in [-0.25, -0.2) is 13.2 Å². The van der Waals surface area contributed by atoms with Crippen LogP contribution in [0.1, 0.15) is 13.8 Å². The number of hydrogen-bond acceptors (Lipinski definition) is 6. The first-order valence-electron chi connectivity index (χ1n) is 6.06. The van der Waals surface area contributed by atoms with Gasteiger partial charge in [0.25, 0.3) is 0 Å². The van der Waals surface area contributed by atoms with E-state index in [9.17, 15) is 22.8 Å². The molecule has 0 aromatic carbocycles. The van der Waals surface area contributed by atoms with Gasteiger partial charge in [0.15, 0.2) is 9.84 Å². The molecule has 0 aliphatic heterocycles. The molecule has 0 aliphatic rings. The third-order valence-corrected chi connectivity index (χ3v) is 3.81. The normalized spacial score (nSPS) is 14.0. The van der Waals surface area contributed by atoms with Crippen molar-refractivity contribution in [2.75, 3.05) is 25.2 Å². The second-order valence-corrected chi connectivity index (χ2v) is 6.68. The second-order valence-electron chi connectivity index (χ2n) is 4.57. The lowest BCUT2D eigenvalue weighted by Crippen LogP contribution is -2.46. The van der Waals surface area contributed by atoms with Crippen LogP contribution in [-0.4, -0.2) is 68.6 Å². The number of carbonyl (C=O) groups is 3. The summed E-state index contributed by atoms with van der Waals surface area (Å²) < 4.78 is 28.3. The summed E-state index contributed by atoms with van der Waals surface area (Å²) in [5, 5.41) is 13.2. The number of carboxylic acid groups (broad SMARTS) is 1. The van der Waals surface area contributed by atoms with E-state index in [1.54, 1.807) is 6.92 Å². The van der Waals surface area contributed by atoms with Crippen LogP contribution < -0.4 is 10.6 Å². The topological polar surface area (TPSA) is 139 Å². The second kappa shape index (κ2) is 8.57. The van der Waals surface area contributed by atoms with Gasteiger partial charge in [-0.05, 0) is 6.92 Å². The summed E-state index contributed by atoms with van der Waals surface area (Å²) in [6.45, 7) is 2.92. The average molecular weight is 324 g/mol. The van der Waals surface area contributed by atoms with Crippen molar-refractivity contribution in [2.45, 2.75) is 25.9 Å². The number of aliphatic carboxylic acids is 1. The highest BCUT2D eigenvalue weighted by Gasteiger charge is 2.28. The van der Waals surface area contributed by atoms with E-state index in [-0.39, 0.29) is 12.6 Å². The summed E-state index contributed by atoms with van der Waals surface area (Å²) in [6, 6.07) is -1.96. The van der Waals surface area contributed by atoms with Crippen molar-refractivity contribution in [1.29, 1.82) is 0 Å². The summed E-state index contributed by atoms with van der Waals surface area (Å²) in [5.41, 5.74) is 0. The van der Waals surface area contributed by atoms with Gasteiger partial charge < -0.3 is 20.5 Å². The quantitative estimate of drug-likeness (QED) is 0.452. The van der Waals surface area contributed by atoms with Crippen molar-refractivity contribution in [1.82, 2.24) is 10.6 Å². The van der Waals surface area contributed by atoms with Gasteiger partial charge in [0.05, 0.1) is 12.4 Å². The molecule has 9 nitrogen and oxygen atoms in total. The van der Waals surface area contributed by atoms with Crippen molar-refractivity contribution in [2.24, 2.45) is 0 Å². The van der Waals surface area contributed by atoms with Crippen LogP contribution in [-0.2, 0) is 29.0 Å². The molecule has 0 fully saturated rings. The van der Waals surface area contributed by atoms with Crippen molar-refractivity contribution >= 4 is 27.6 Å². The lowest BCUT2D eigenvalue weighted by atomic mass is 10.3. The van der Waals surface area contributed by atoms with E-state index in [0.29, 0.717) is 0 Å². The molecule has 0 heterocycles. The molecule has 2 amide bonds. The van der Waals surface area contributed by atoms with Crippen LogP contribution in [0.25, 0.3) is 0 Å². The number of sulfone groups is 1. The molecule has 2 atom stereocenters. The summed E-state index contributed by atoms with van der Waals surface area (Å²) in [7, 11) is -2.54. The van der Waals surface area contributed by atoms with Crippen LogP contribution in [0.2, 0.25) is 0 Å². The third kappa shape index (κ3) is 8.97. The number of methoxy groups -OCH3 is 1. The Hall–Kier alpha value is -1.68. The van der Waals surface area contributed by atoms with E-state index in [0.717, 1.165) is 6.92 Å². The van der Waals surface area contributed by atoms with Crippen LogP contribution in [0.3, 0.4) is 0 Å². The number of carboxylic acids is 1. The standard InChI is InChI=1S/C11H20N2O7S/c1-7(4-20-3)12-10(15)6-21(18,19)5-9(11(16)17)13-8(2)14/h7,9H,4-6H2,1-3H3,(H,12,15)(H,13,14)(H,16,17).